The van der Waals surface area contributed by atoms with Gasteiger partial charge in [0, 0.05) is 39.8 Å². The maximum Gasteiger partial charge on any atom is 0.411 e. The van der Waals surface area contributed by atoms with Crippen molar-refractivity contribution < 1.29 is 22.6 Å². The molecule has 0 saturated carbocycles. The summed E-state index contributed by atoms with van der Waals surface area (Å²) < 4.78 is 47.4. The van der Waals surface area contributed by atoms with Crippen LogP contribution in [0.5, 0.6) is 0 Å². The first-order chi connectivity index (χ1) is 12.4. The number of nitrogens with one attached hydrogen (secondary N) is 2. The van der Waals surface area contributed by atoms with Crippen molar-refractivity contribution in [2.75, 3.05) is 33.9 Å². The summed E-state index contributed by atoms with van der Waals surface area (Å²) >= 11 is 0. The molecular formula is C15H26F3IN6O2. The lowest BCUT2D eigenvalue weighted by atomic mass is 10.1. The van der Waals surface area contributed by atoms with Crippen LogP contribution in [0.2, 0.25) is 0 Å². The second-order valence-electron chi connectivity index (χ2n) is 5.96. The van der Waals surface area contributed by atoms with E-state index >= 15 is 0 Å². The van der Waals surface area contributed by atoms with Crippen molar-refractivity contribution in [3.63, 3.8) is 0 Å². The van der Waals surface area contributed by atoms with Crippen LogP contribution in [0.3, 0.4) is 0 Å². The SMILES string of the molecule is CN=C(NCCCOCC(F)(F)F)NC1CCc2nc(COC)nn2C1.I. The average molecular weight is 506 g/mol. The lowest BCUT2D eigenvalue weighted by molar-refractivity contribution is -0.173. The number of aryl methyl sites for hydroxylation is 1. The largest absolute Gasteiger partial charge is 0.411 e. The number of aliphatic imine (C=N–C) groups is 1. The van der Waals surface area contributed by atoms with Gasteiger partial charge in [-0.1, -0.05) is 0 Å². The zero-order valence-electron chi connectivity index (χ0n) is 15.4. The Balaban J connectivity index is 0.00000364. The first-order valence-corrected chi connectivity index (χ1v) is 8.44. The first-order valence-electron chi connectivity index (χ1n) is 8.44. The van der Waals surface area contributed by atoms with E-state index in [1.807, 2.05) is 4.68 Å². The minimum absolute atomic E-state index is 0. The van der Waals surface area contributed by atoms with Crippen LogP contribution in [0.4, 0.5) is 13.2 Å². The van der Waals surface area contributed by atoms with Gasteiger partial charge in [0.05, 0.1) is 6.54 Å². The topological polar surface area (TPSA) is 85.6 Å². The molecule has 0 spiro atoms. The van der Waals surface area contributed by atoms with Gasteiger partial charge in [-0.15, -0.1) is 24.0 Å². The number of halogens is 4. The Morgan fingerprint density at radius 3 is 2.85 bits per heavy atom. The molecule has 0 aromatic carbocycles. The van der Waals surface area contributed by atoms with Gasteiger partial charge in [-0.05, 0) is 12.8 Å². The predicted molar refractivity (Wildman–Crippen MR) is 104 cm³/mol. The molecule has 27 heavy (non-hydrogen) atoms. The van der Waals surface area contributed by atoms with Gasteiger partial charge in [0.1, 0.15) is 19.0 Å². The summed E-state index contributed by atoms with van der Waals surface area (Å²) in [5, 5.41) is 10.8. The second-order valence-corrected chi connectivity index (χ2v) is 5.96. The molecular weight excluding hydrogens is 480 g/mol. The van der Waals surface area contributed by atoms with Crippen LogP contribution in [0, 0.1) is 0 Å². The van der Waals surface area contributed by atoms with Crippen LogP contribution in [-0.4, -0.2) is 66.9 Å². The van der Waals surface area contributed by atoms with Crippen LogP contribution in [0.1, 0.15) is 24.5 Å². The molecule has 1 aromatic rings. The van der Waals surface area contributed by atoms with E-state index in [0.29, 0.717) is 37.9 Å². The van der Waals surface area contributed by atoms with Crippen molar-refractivity contribution in [2.24, 2.45) is 4.99 Å². The molecule has 0 amide bonds. The molecule has 0 saturated heterocycles. The number of alkyl halides is 3. The van der Waals surface area contributed by atoms with Crippen molar-refractivity contribution in [1.82, 2.24) is 25.4 Å². The number of nitrogens with zero attached hydrogens (tertiary/aromatic N) is 4. The average Bonchev–Trinajstić information content (AvgIpc) is 2.97. The van der Waals surface area contributed by atoms with Gasteiger partial charge >= 0.3 is 6.18 Å². The molecule has 0 fully saturated rings. The minimum Gasteiger partial charge on any atom is -0.377 e. The molecule has 12 heteroatoms. The molecule has 2 heterocycles. The summed E-state index contributed by atoms with van der Waals surface area (Å²) in [6.07, 6.45) is -2.14. The van der Waals surface area contributed by atoms with Crippen molar-refractivity contribution in [3.8, 4) is 0 Å². The number of fused-ring (bicyclic) bond motifs is 1. The van der Waals surface area contributed by atoms with Crippen molar-refractivity contribution >= 4 is 29.9 Å². The molecule has 1 aromatic heterocycles. The predicted octanol–water partition coefficient (Wildman–Crippen LogP) is 1.49. The van der Waals surface area contributed by atoms with E-state index in [-0.39, 0.29) is 36.6 Å². The number of aromatic nitrogens is 3. The molecule has 1 aliphatic rings. The molecule has 8 nitrogen and oxygen atoms in total. The van der Waals surface area contributed by atoms with Gasteiger partial charge in [0.2, 0.25) is 0 Å². The molecule has 0 bridgehead atoms. The van der Waals surface area contributed by atoms with Crippen molar-refractivity contribution in [1.29, 1.82) is 0 Å². The Labute approximate surface area is 173 Å². The van der Waals surface area contributed by atoms with Gasteiger partial charge in [-0.3, -0.25) is 4.99 Å². The number of methoxy groups -OCH3 is 1. The van der Waals surface area contributed by atoms with Crippen LogP contribution in [0.25, 0.3) is 0 Å². The summed E-state index contributed by atoms with van der Waals surface area (Å²) in [5.74, 6) is 2.22. The highest BCUT2D eigenvalue weighted by atomic mass is 127. The summed E-state index contributed by atoms with van der Waals surface area (Å²) in [5.41, 5.74) is 0. The molecule has 0 radical (unpaired) electrons. The van der Waals surface area contributed by atoms with E-state index in [1.54, 1.807) is 14.2 Å². The van der Waals surface area contributed by atoms with E-state index in [1.165, 1.54) is 0 Å². The molecule has 156 valence electrons. The Morgan fingerprint density at radius 1 is 1.41 bits per heavy atom. The Morgan fingerprint density at radius 2 is 2.19 bits per heavy atom. The fraction of sp³-hybridized carbons (Fsp3) is 0.800. The summed E-state index contributed by atoms with van der Waals surface area (Å²) in [6.45, 7) is 0.348. The Hall–Kier alpha value is -1.15. The molecule has 1 aliphatic heterocycles. The van der Waals surface area contributed by atoms with E-state index in [4.69, 9.17) is 4.74 Å². The second kappa shape index (κ2) is 11.6. The third-order valence-corrected chi connectivity index (χ3v) is 3.76. The Kier molecular flexibility index (Phi) is 10.3. The summed E-state index contributed by atoms with van der Waals surface area (Å²) in [7, 11) is 3.25. The quantitative estimate of drug-likeness (QED) is 0.241. The fourth-order valence-electron chi connectivity index (χ4n) is 2.63. The van der Waals surface area contributed by atoms with E-state index in [9.17, 15) is 13.2 Å². The molecule has 1 atom stereocenters. The van der Waals surface area contributed by atoms with Crippen LogP contribution < -0.4 is 10.6 Å². The molecule has 2 rings (SSSR count). The Bertz CT molecular complexity index is 597. The molecule has 2 N–H and O–H groups in total. The smallest absolute Gasteiger partial charge is 0.377 e. The maximum atomic E-state index is 12.0. The number of hydrogen-bond acceptors (Lipinski definition) is 5. The van der Waals surface area contributed by atoms with E-state index < -0.39 is 12.8 Å². The first kappa shape index (κ1) is 23.9. The third kappa shape index (κ3) is 8.60. The van der Waals surface area contributed by atoms with Gasteiger partial charge < -0.3 is 20.1 Å². The van der Waals surface area contributed by atoms with Gasteiger partial charge in [0.15, 0.2) is 11.8 Å². The van der Waals surface area contributed by atoms with Gasteiger partial charge in [-0.25, -0.2) is 9.67 Å². The van der Waals surface area contributed by atoms with Crippen LogP contribution in [-0.2, 0) is 29.0 Å². The lowest BCUT2D eigenvalue weighted by Gasteiger charge is -2.25. The normalized spacial score (nSPS) is 17.2. The third-order valence-electron chi connectivity index (χ3n) is 3.76. The van der Waals surface area contributed by atoms with Crippen molar-refractivity contribution in [2.45, 2.75) is 44.6 Å². The highest BCUT2D eigenvalue weighted by Crippen LogP contribution is 2.14. The summed E-state index contributed by atoms with van der Waals surface area (Å²) in [6, 6.07) is 0.146. The standard InChI is InChI=1S/C15H25F3N6O2.HI/c1-19-14(20-6-3-7-26-10-15(16,17)18)21-11-4-5-13-22-12(9-25-2)23-24(13)8-11;/h11H,3-10H2,1-2H3,(H2,19,20,21);1H. The van der Waals surface area contributed by atoms with Crippen LogP contribution in [0.15, 0.2) is 4.99 Å². The highest BCUT2D eigenvalue weighted by molar-refractivity contribution is 14.0. The van der Waals surface area contributed by atoms with E-state index in [0.717, 1.165) is 18.7 Å². The lowest BCUT2D eigenvalue weighted by Crippen LogP contribution is -2.47. The molecule has 0 aliphatic carbocycles. The zero-order chi connectivity index (χ0) is 19.0. The number of guanidine groups is 1. The highest BCUT2D eigenvalue weighted by Gasteiger charge is 2.27. The number of hydrogen-bond donors (Lipinski definition) is 2. The van der Waals surface area contributed by atoms with E-state index in [2.05, 4.69) is 30.4 Å². The monoisotopic (exact) mass is 506 g/mol. The van der Waals surface area contributed by atoms with Gasteiger partial charge in [0.25, 0.3) is 0 Å². The minimum atomic E-state index is -4.28. The number of rotatable bonds is 8. The maximum absolute atomic E-state index is 12.0. The number of ether oxygens (including phenoxy) is 2. The fourth-order valence-corrected chi connectivity index (χ4v) is 2.63. The zero-order valence-corrected chi connectivity index (χ0v) is 17.7. The molecule has 1 unspecified atom stereocenters. The van der Waals surface area contributed by atoms with Crippen molar-refractivity contribution in [3.05, 3.63) is 11.6 Å². The van der Waals surface area contributed by atoms with Gasteiger partial charge in [-0.2, -0.15) is 18.3 Å². The summed E-state index contributed by atoms with van der Waals surface area (Å²) in [4.78, 5) is 8.57. The van der Waals surface area contributed by atoms with Crippen LogP contribution >= 0.6 is 24.0 Å².